The number of aromatic nitrogens is 3. The number of benzene rings is 1. The van der Waals surface area contributed by atoms with Crippen molar-refractivity contribution in [2.24, 2.45) is 0 Å². The predicted octanol–water partition coefficient (Wildman–Crippen LogP) is 0.387. The lowest BCUT2D eigenvalue weighted by Crippen LogP contribution is -2.49. The number of hydrogen-bond donors (Lipinski definition) is 1. The normalized spacial score (nSPS) is 22.0. The largest absolute Gasteiger partial charge is 0.337 e. The number of carbonyl (C=O) groups excluding carboxylic acids is 1. The Hall–Kier alpha value is -2.25. The highest BCUT2D eigenvalue weighted by molar-refractivity contribution is 5.94. The summed E-state index contributed by atoms with van der Waals surface area (Å²) in [7, 11) is 0. The van der Waals surface area contributed by atoms with Crippen molar-refractivity contribution in [3.63, 3.8) is 0 Å². The van der Waals surface area contributed by atoms with Gasteiger partial charge in [0.2, 0.25) is 0 Å². The van der Waals surface area contributed by atoms with Gasteiger partial charge in [0.1, 0.15) is 0 Å². The molecule has 1 amide bonds. The van der Waals surface area contributed by atoms with Crippen LogP contribution in [-0.2, 0) is 0 Å². The molecule has 0 radical (unpaired) electrons. The van der Waals surface area contributed by atoms with Crippen molar-refractivity contribution in [3.05, 3.63) is 42.2 Å². The van der Waals surface area contributed by atoms with E-state index >= 15 is 0 Å². The second kappa shape index (κ2) is 6.70. The molecule has 126 valence electrons. The molecule has 3 heterocycles. The van der Waals surface area contributed by atoms with Crippen LogP contribution in [0.1, 0.15) is 16.8 Å². The van der Waals surface area contributed by atoms with Gasteiger partial charge < -0.3 is 10.2 Å². The maximum Gasteiger partial charge on any atom is 0.253 e. The number of likely N-dealkylation sites (tertiary alicyclic amines) is 1. The van der Waals surface area contributed by atoms with E-state index < -0.39 is 0 Å². The third-order valence-electron chi connectivity index (χ3n) is 4.92. The predicted molar refractivity (Wildman–Crippen MR) is 90.1 cm³/mol. The summed E-state index contributed by atoms with van der Waals surface area (Å²) < 4.78 is 1.69. The molecule has 1 unspecified atom stereocenters. The second-order valence-electron chi connectivity index (χ2n) is 6.37. The number of carbonyl (C=O) groups is 1. The molecule has 1 N–H and O–H groups in total. The van der Waals surface area contributed by atoms with Crippen molar-refractivity contribution in [1.29, 1.82) is 0 Å². The number of hydrogen-bond acceptors (Lipinski definition) is 5. The van der Waals surface area contributed by atoms with Crippen molar-refractivity contribution in [1.82, 2.24) is 30.1 Å². The molecule has 2 aliphatic heterocycles. The number of piperazine rings is 1. The van der Waals surface area contributed by atoms with Gasteiger partial charge >= 0.3 is 0 Å². The molecule has 1 aromatic heterocycles. The second-order valence-corrected chi connectivity index (χ2v) is 6.37. The zero-order valence-corrected chi connectivity index (χ0v) is 13.6. The summed E-state index contributed by atoms with van der Waals surface area (Å²) in [4.78, 5) is 17.2. The Morgan fingerprint density at radius 1 is 1.12 bits per heavy atom. The molecule has 0 saturated carbocycles. The van der Waals surface area contributed by atoms with Crippen LogP contribution in [0.25, 0.3) is 5.69 Å². The van der Waals surface area contributed by atoms with E-state index in [0.29, 0.717) is 6.04 Å². The highest BCUT2D eigenvalue weighted by Crippen LogP contribution is 2.19. The van der Waals surface area contributed by atoms with Crippen LogP contribution in [0.15, 0.2) is 36.7 Å². The topological polar surface area (TPSA) is 66.3 Å². The molecule has 2 aromatic rings. The minimum Gasteiger partial charge on any atom is -0.337 e. The molecule has 1 aromatic carbocycles. The van der Waals surface area contributed by atoms with Gasteiger partial charge in [-0.3, -0.25) is 9.69 Å². The molecule has 4 rings (SSSR count). The molecule has 7 nitrogen and oxygen atoms in total. The van der Waals surface area contributed by atoms with Crippen molar-refractivity contribution in [3.8, 4) is 5.69 Å². The Bertz CT molecular complexity index is 678. The molecule has 2 saturated heterocycles. The zero-order chi connectivity index (χ0) is 16.4. The Kier molecular flexibility index (Phi) is 4.27. The van der Waals surface area contributed by atoms with Gasteiger partial charge in [0, 0.05) is 50.9 Å². The molecule has 0 spiro atoms. The zero-order valence-electron chi connectivity index (χ0n) is 13.6. The molecule has 1 atom stereocenters. The highest BCUT2D eigenvalue weighted by atomic mass is 16.2. The summed E-state index contributed by atoms with van der Waals surface area (Å²) in [5.74, 6) is 0.123. The van der Waals surface area contributed by atoms with Crippen LogP contribution in [0.3, 0.4) is 0 Å². The Labute approximate surface area is 141 Å². The van der Waals surface area contributed by atoms with E-state index in [1.807, 2.05) is 29.2 Å². The van der Waals surface area contributed by atoms with Crippen molar-refractivity contribution < 1.29 is 4.79 Å². The summed E-state index contributed by atoms with van der Waals surface area (Å²) >= 11 is 0. The average Bonchev–Trinajstić information content (AvgIpc) is 3.34. The molecule has 24 heavy (non-hydrogen) atoms. The Morgan fingerprint density at radius 3 is 2.62 bits per heavy atom. The first kappa shape index (κ1) is 15.3. The maximum atomic E-state index is 12.7. The maximum absolute atomic E-state index is 12.7. The molecular weight excluding hydrogens is 304 g/mol. The molecule has 0 aliphatic carbocycles. The van der Waals surface area contributed by atoms with E-state index in [1.54, 1.807) is 17.1 Å². The quantitative estimate of drug-likeness (QED) is 0.884. The summed E-state index contributed by atoms with van der Waals surface area (Å²) in [5, 5.41) is 11.1. The van der Waals surface area contributed by atoms with Crippen LogP contribution in [0, 0.1) is 0 Å². The summed E-state index contributed by atoms with van der Waals surface area (Å²) in [5.41, 5.74) is 1.64. The van der Waals surface area contributed by atoms with Gasteiger partial charge in [0.15, 0.2) is 0 Å². The fourth-order valence-corrected chi connectivity index (χ4v) is 3.56. The number of nitrogens with zero attached hydrogens (tertiary/aromatic N) is 5. The molecule has 7 heteroatoms. The first-order valence-corrected chi connectivity index (χ1v) is 8.52. The van der Waals surface area contributed by atoms with E-state index in [9.17, 15) is 4.79 Å². The van der Waals surface area contributed by atoms with E-state index in [0.717, 1.165) is 56.9 Å². The lowest BCUT2D eigenvalue weighted by molar-refractivity contribution is 0.0773. The number of rotatable bonds is 3. The van der Waals surface area contributed by atoms with E-state index in [1.165, 1.54) is 0 Å². The fraction of sp³-hybridized carbons (Fsp3) is 0.471. The van der Waals surface area contributed by atoms with E-state index in [4.69, 9.17) is 0 Å². The summed E-state index contributed by atoms with van der Waals surface area (Å²) in [6, 6.07) is 8.07. The van der Waals surface area contributed by atoms with Crippen LogP contribution >= 0.6 is 0 Å². The van der Waals surface area contributed by atoms with Crippen molar-refractivity contribution in [2.45, 2.75) is 12.5 Å². The third-order valence-corrected chi connectivity index (χ3v) is 4.92. The standard InChI is InChI=1S/C17H22N6O/c24-17(14-1-3-15(4-2-14)23-12-8-19-20-23)22-9-5-16(13-22)21-10-6-18-7-11-21/h1-4,8,12,16,18H,5-7,9-11,13H2. The molecule has 2 aliphatic rings. The van der Waals surface area contributed by atoms with Gasteiger partial charge in [-0.05, 0) is 30.7 Å². The fourth-order valence-electron chi connectivity index (χ4n) is 3.56. The molecule has 0 bridgehead atoms. The van der Waals surface area contributed by atoms with Crippen LogP contribution in [0.4, 0.5) is 0 Å². The molecular formula is C17H22N6O. The first-order valence-electron chi connectivity index (χ1n) is 8.52. The van der Waals surface area contributed by atoms with Crippen LogP contribution in [0.5, 0.6) is 0 Å². The van der Waals surface area contributed by atoms with Gasteiger partial charge in [-0.15, -0.1) is 5.10 Å². The highest BCUT2D eigenvalue weighted by Gasteiger charge is 2.31. The average molecular weight is 326 g/mol. The Morgan fingerprint density at radius 2 is 1.92 bits per heavy atom. The monoisotopic (exact) mass is 326 g/mol. The lowest BCUT2D eigenvalue weighted by Gasteiger charge is -2.32. The van der Waals surface area contributed by atoms with Gasteiger partial charge in [0.25, 0.3) is 5.91 Å². The smallest absolute Gasteiger partial charge is 0.253 e. The minimum absolute atomic E-state index is 0.123. The van der Waals surface area contributed by atoms with Crippen LogP contribution in [0.2, 0.25) is 0 Å². The van der Waals surface area contributed by atoms with Gasteiger partial charge in [-0.25, -0.2) is 4.68 Å². The van der Waals surface area contributed by atoms with Gasteiger partial charge in [0.05, 0.1) is 18.1 Å². The van der Waals surface area contributed by atoms with Crippen LogP contribution < -0.4 is 5.32 Å². The Balaban J connectivity index is 1.40. The SMILES string of the molecule is O=C(c1ccc(-n2ccnn2)cc1)N1CCC(N2CCNCC2)C1. The van der Waals surface area contributed by atoms with Gasteiger partial charge in [-0.2, -0.15) is 0 Å². The van der Waals surface area contributed by atoms with E-state index in [-0.39, 0.29) is 5.91 Å². The minimum atomic E-state index is 0.123. The van der Waals surface area contributed by atoms with Crippen molar-refractivity contribution >= 4 is 5.91 Å². The van der Waals surface area contributed by atoms with Gasteiger partial charge in [-0.1, -0.05) is 5.21 Å². The third kappa shape index (κ3) is 3.05. The van der Waals surface area contributed by atoms with Crippen LogP contribution in [-0.4, -0.2) is 76.0 Å². The van der Waals surface area contributed by atoms with E-state index in [2.05, 4.69) is 20.5 Å². The number of nitrogens with one attached hydrogen (secondary N) is 1. The van der Waals surface area contributed by atoms with Crippen molar-refractivity contribution in [2.75, 3.05) is 39.3 Å². The number of amides is 1. The summed E-state index contributed by atoms with van der Waals surface area (Å²) in [6.07, 6.45) is 4.50. The molecule has 2 fully saturated rings. The lowest BCUT2D eigenvalue weighted by atomic mass is 10.2. The first-order chi connectivity index (χ1) is 11.8. The summed E-state index contributed by atoms with van der Waals surface area (Å²) in [6.45, 7) is 5.95.